The molecule has 0 saturated carbocycles. The van der Waals surface area contributed by atoms with E-state index in [4.69, 9.17) is 0 Å². The Balaban J connectivity index is 1.56. The molecular formula is C24H27N3O5S. The van der Waals surface area contributed by atoms with Crippen LogP contribution in [0.15, 0.2) is 54.6 Å². The molecule has 2 aliphatic rings. The number of urea groups is 1. The number of benzene rings is 2. The summed E-state index contributed by atoms with van der Waals surface area (Å²) in [6, 6.07) is 15.4. The predicted octanol–water partition coefficient (Wildman–Crippen LogP) is 1.98. The average Bonchev–Trinajstić information content (AvgIpc) is 3.24. The molecule has 0 spiro atoms. The maximum Gasteiger partial charge on any atom is 0.325 e. The van der Waals surface area contributed by atoms with Crippen molar-refractivity contribution in [3.8, 4) is 0 Å². The summed E-state index contributed by atoms with van der Waals surface area (Å²) in [5.41, 5.74) is 1.22. The lowest BCUT2D eigenvalue weighted by Crippen LogP contribution is -2.48. The predicted molar refractivity (Wildman–Crippen MR) is 123 cm³/mol. The van der Waals surface area contributed by atoms with Gasteiger partial charge in [0.2, 0.25) is 5.91 Å². The van der Waals surface area contributed by atoms with Crippen LogP contribution in [0.2, 0.25) is 0 Å². The highest BCUT2D eigenvalue weighted by Gasteiger charge is 2.50. The number of carbonyl (C=O) groups excluding carboxylic acids is 3. The molecule has 2 aromatic rings. The van der Waals surface area contributed by atoms with Crippen LogP contribution in [0.5, 0.6) is 0 Å². The van der Waals surface area contributed by atoms with Gasteiger partial charge in [0.1, 0.15) is 12.1 Å². The van der Waals surface area contributed by atoms with Gasteiger partial charge < -0.3 is 10.2 Å². The number of sulfone groups is 1. The topological polar surface area (TPSA) is 104 Å². The van der Waals surface area contributed by atoms with Gasteiger partial charge in [0.05, 0.1) is 11.5 Å². The van der Waals surface area contributed by atoms with Crippen molar-refractivity contribution >= 4 is 27.7 Å². The highest BCUT2D eigenvalue weighted by molar-refractivity contribution is 7.91. The SMILES string of the molecule is Cc1ccc([C@]2(C)NC(=O)N(CC(=O)N(Cc3ccccc3)[C@H]3CCS(=O)(=O)C3)C2=O)cc1. The van der Waals surface area contributed by atoms with Crippen LogP contribution in [0.1, 0.15) is 30.0 Å². The van der Waals surface area contributed by atoms with Crippen LogP contribution >= 0.6 is 0 Å². The van der Waals surface area contributed by atoms with Gasteiger partial charge in [-0.05, 0) is 31.4 Å². The van der Waals surface area contributed by atoms with Crippen molar-refractivity contribution in [3.63, 3.8) is 0 Å². The molecule has 2 fully saturated rings. The fraction of sp³-hybridized carbons (Fsp3) is 0.375. The molecule has 33 heavy (non-hydrogen) atoms. The lowest BCUT2D eigenvalue weighted by molar-refractivity contribution is -0.140. The van der Waals surface area contributed by atoms with Gasteiger partial charge in [-0.15, -0.1) is 0 Å². The number of hydrogen-bond acceptors (Lipinski definition) is 5. The third kappa shape index (κ3) is 4.64. The molecule has 2 heterocycles. The van der Waals surface area contributed by atoms with Gasteiger partial charge in [-0.3, -0.25) is 14.5 Å². The lowest BCUT2D eigenvalue weighted by Gasteiger charge is -2.30. The van der Waals surface area contributed by atoms with E-state index < -0.39 is 45.8 Å². The molecule has 2 saturated heterocycles. The fourth-order valence-electron chi connectivity index (χ4n) is 4.37. The molecule has 0 aliphatic carbocycles. The molecule has 174 valence electrons. The van der Waals surface area contributed by atoms with Crippen LogP contribution in [0.4, 0.5) is 4.79 Å². The summed E-state index contributed by atoms with van der Waals surface area (Å²) in [5, 5.41) is 2.71. The maximum absolute atomic E-state index is 13.3. The normalized spacial score (nSPS) is 24.1. The second-order valence-electron chi connectivity index (χ2n) is 8.88. The van der Waals surface area contributed by atoms with Crippen molar-refractivity contribution in [2.24, 2.45) is 0 Å². The highest BCUT2D eigenvalue weighted by atomic mass is 32.2. The molecule has 1 N–H and O–H groups in total. The van der Waals surface area contributed by atoms with Crippen molar-refractivity contribution in [1.29, 1.82) is 0 Å². The number of nitrogens with one attached hydrogen (secondary N) is 1. The number of hydrogen-bond donors (Lipinski definition) is 1. The van der Waals surface area contributed by atoms with Crippen molar-refractivity contribution in [2.75, 3.05) is 18.1 Å². The summed E-state index contributed by atoms with van der Waals surface area (Å²) in [5.74, 6) is -1.07. The Morgan fingerprint density at radius 3 is 2.39 bits per heavy atom. The molecule has 4 rings (SSSR count). The first-order valence-corrected chi connectivity index (χ1v) is 12.7. The van der Waals surface area contributed by atoms with Gasteiger partial charge in [-0.25, -0.2) is 13.2 Å². The zero-order chi connectivity index (χ0) is 23.8. The van der Waals surface area contributed by atoms with E-state index >= 15 is 0 Å². The Kier molecular flexibility index (Phi) is 6.00. The molecular weight excluding hydrogens is 442 g/mol. The minimum atomic E-state index is -3.23. The third-order valence-electron chi connectivity index (χ3n) is 6.36. The van der Waals surface area contributed by atoms with E-state index in [1.165, 1.54) is 4.90 Å². The van der Waals surface area contributed by atoms with Gasteiger partial charge in [-0.2, -0.15) is 0 Å². The highest BCUT2D eigenvalue weighted by Crippen LogP contribution is 2.29. The molecule has 8 nitrogen and oxygen atoms in total. The minimum absolute atomic E-state index is 0.0187. The zero-order valence-corrected chi connectivity index (χ0v) is 19.5. The number of carbonyl (C=O) groups is 3. The van der Waals surface area contributed by atoms with Crippen LogP contribution in [0.25, 0.3) is 0 Å². The minimum Gasteiger partial charge on any atom is -0.333 e. The van der Waals surface area contributed by atoms with Crippen LogP contribution in [0.3, 0.4) is 0 Å². The summed E-state index contributed by atoms with van der Waals surface area (Å²) in [7, 11) is -3.23. The number of imide groups is 1. The number of aryl methyl sites for hydroxylation is 1. The fourth-order valence-corrected chi connectivity index (χ4v) is 6.10. The Hall–Kier alpha value is -3.20. The molecule has 0 radical (unpaired) electrons. The molecule has 0 aromatic heterocycles. The van der Waals surface area contributed by atoms with Crippen LogP contribution in [-0.2, 0) is 31.5 Å². The summed E-state index contributed by atoms with van der Waals surface area (Å²) in [6.07, 6.45) is 0.335. The second kappa shape index (κ2) is 8.62. The Morgan fingerprint density at radius 2 is 1.79 bits per heavy atom. The van der Waals surface area contributed by atoms with Crippen molar-refractivity contribution in [2.45, 2.75) is 38.4 Å². The summed E-state index contributed by atoms with van der Waals surface area (Å²) in [4.78, 5) is 41.7. The lowest BCUT2D eigenvalue weighted by atomic mass is 9.91. The van der Waals surface area contributed by atoms with Gasteiger partial charge >= 0.3 is 6.03 Å². The van der Waals surface area contributed by atoms with Gasteiger partial charge in [0.15, 0.2) is 9.84 Å². The third-order valence-corrected chi connectivity index (χ3v) is 8.11. The first-order valence-electron chi connectivity index (χ1n) is 10.8. The molecule has 0 unspecified atom stereocenters. The Bertz CT molecular complexity index is 1180. The standard InChI is InChI=1S/C24H27N3O5S/c1-17-8-10-19(11-9-17)24(2)22(29)27(23(30)25-24)15-21(28)26(14-18-6-4-3-5-7-18)20-12-13-33(31,32)16-20/h3-11,20H,12-16H2,1-2H3,(H,25,30)/t20-,24-/m0/s1. The Morgan fingerprint density at radius 1 is 1.12 bits per heavy atom. The first kappa shape index (κ1) is 23.0. The van der Waals surface area contributed by atoms with E-state index in [0.717, 1.165) is 16.0 Å². The monoisotopic (exact) mass is 469 g/mol. The number of nitrogens with zero attached hydrogens (tertiary/aromatic N) is 2. The van der Waals surface area contributed by atoms with Crippen molar-refractivity contribution in [3.05, 3.63) is 71.3 Å². The van der Waals surface area contributed by atoms with Crippen molar-refractivity contribution < 1.29 is 22.8 Å². The van der Waals surface area contributed by atoms with E-state index in [1.54, 1.807) is 19.1 Å². The molecule has 2 aliphatic heterocycles. The van der Waals surface area contributed by atoms with Gasteiger partial charge in [0, 0.05) is 12.6 Å². The number of amides is 4. The van der Waals surface area contributed by atoms with Crippen LogP contribution < -0.4 is 5.32 Å². The van der Waals surface area contributed by atoms with E-state index in [1.807, 2.05) is 49.4 Å². The van der Waals surface area contributed by atoms with E-state index in [-0.39, 0.29) is 18.1 Å². The van der Waals surface area contributed by atoms with Crippen LogP contribution in [0, 0.1) is 6.92 Å². The van der Waals surface area contributed by atoms with E-state index in [9.17, 15) is 22.8 Å². The maximum atomic E-state index is 13.3. The smallest absolute Gasteiger partial charge is 0.325 e. The van der Waals surface area contributed by atoms with Gasteiger partial charge in [-0.1, -0.05) is 60.2 Å². The quantitative estimate of drug-likeness (QED) is 0.652. The van der Waals surface area contributed by atoms with Crippen LogP contribution in [-0.4, -0.2) is 60.2 Å². The Labute approximate surface area is 193 Å². The molecule has 9 heteroatoms. The number of rotatable bonds is 6. The summed E-state index contributed by atoms with van der Waals surface area (Å²) < 4.78 is 24.1. The molecule has 0 bridgehead atoms. The molecule has 2 atom stereocenters. The molecule has 4 amide bonds. The summed E-state index contributed by atoms with van der Waals surface area (Å²) >= 11 is 0. The average molecular weight is 470 g/mol. The van der Waals surface area contributed by atoms with Crippen molar-refractivity contribution in [1.82, 2.24) is 15.1 Å². The van der Waals surface area contributed by atoms with E-state index in [2.05, 4.69) is 5.32 Å². The first-order chi connectivity index (χ1) is 15.6. The van der Waals surface area contributed by atoms with Gasteiger partial charge in [0.25, 0.3) is 5.91 Å². The second-order valence-corrected chi connectivity index (χ2v) is 11.1. The zero-order valence-electron chi connectivity index (χ0n) is 18.7. The molecule has 2 aromatic carbocycles. The largest absolute Gasteiger partial charge is 0.333 e. The van der Waals surface area contributed by atoms with E-state index in [0.29, 0.717) is 12.0 Å². The summed E-state index contributed by atoms with van der Waals surface area (Å²) in [6.45, 7) is 3.30.